The molecule has 2 aliphatic rings. The van der Waals surface area contributed by atoms with Crippen LogP contribution in [0.1, 0.15) is 32.1 Å². The Morgan fingerprint density at radius 1 is 1.04 bits per heavy atom. The van der Waals surface area contributed by atoms with Crippen molar-refractivity contribution in [1.82, 2.24) is 19.9 Å². The van der Waals surface area contributed by atoms with Crippen LogP contribution >= 0.6 is 23.2 Å². The van der Waals surface area contributed by atoms with Gasteiger partial charge in [-0.2, -0.15) is 15.0 Å². The van der Waals surface area contributed by atoms with Gasteiger partial charge < -0.3 is 9.64 Å². The highest BCUT2D eigenvalue weighted by atomic mass is 35.5. The van der Waals surface area contributed by atoms with Gasteiger partial charge in [0.1, 0.15) is 0 Å². The van der Waals surface area contributed by atoms with E-state index in [4.69, 9.17) is 27.9 Å². The molecular formula is C15H17Cl2N5O. The van der Waals surface area contributed by atoms with E-state index in [-0.39, 0.29) is 10.4 Å². The number of fused-ring (bicyclic) bond motifs is 1. The van der Waals surface area contributed by atoms with Crippen LogP contribution in [0, 0.1) is 5.92 Å². The molecule has 0 aromatic carbocycles. The quantitative estimate of drug-likeness (QED) is 0.766. The predicted molar refractivity (Wildman–Crippen MR) is 89.4 cm³/mol. The van der Waals surface area contributed by atoms with Crippen LogP contribution < -0.4 is 9.64 Å². The largest absolute Gasteiger partial charge is 0.475 e. The molecule has 2 fully saturated rings. The van der Waals surface area contributed by atoms with Gasteiger partial charge in [-0.15, -0.1) is 0 Å². The maximum absolute atomic E-state index is 6.25. The first-order chi connectivity index (χ1) is 11.2. The molecule has 0 N–H and O–H groups in total. The van der Waals surface area contributed by atoms with E-state index in [9.17, 15) is 0 Å². The fourth-order valence-corrected chi connectivity index (χ4v) is 3.18. The molecule has 0 atom stereocenters. The van der Waals surface area contributed by atoms with Gasteiger partial charge in [0, 0.05) is 13.1 Å². The van der Waals surface area contributed by atoms with Crippen LogP contribution in [-0.4, -0.2) is 39.6 Å². The van der Waals surface area contributed by atoms with Gasteiger partial charge in [0.25, 0.3) is 5.88 Å². The summed E-state index contributed by atoms with van der Waals surface area (Å²) in [4.78, 5) is 19.5. The second kappa shape index (κ2) is 6.24. The summed E-state index contributed by atoms with van der Waals surface area (Å²) >= 11 is 12.3. The van der Waals surface area contributed by atoms with Crippen molar-refractivity contribution in [1.29, 1.82) is 0 Å². The number of aromatic nitrogens is 4. The standard InChI is InChI=1S/C15H17Cl2N5O/c16-11-14(23-8-5-9-3-4-9)19-12-10(18-11)13(21-15(17)20-12)22-6-1-2-7-22/h9H,1-8H2. The second-order valence-electron chi connectivity index (χ2n) is 6.08. The summed E-state index contributed by atoms with van der Waals surface area (Å²) < 4.78 is 5.68. The molecule has 0 radical (unpaired) electrons. The van der Waals surface area contributed by atoms with Gasteiger partial charge in [-0.25, -0.2) is 4.98 Å². The number of hydrogen-bond acceptors (Lipinski definition) is 6. The van der Waals surface area contributed by atoms with E-state index in [0.29, 0.717) is 29.5 Å². The van der Waals surface area contributed by atoms with Crippen molar-refractivity contribution in [3.8, 4) is 5.88 Å². The average molecular weight is 354 g/mol. The van der Waals surface area contributed by atoms with Crippen molar-refractivity contribution in [3.63, 3.8) is 0 Å². The Bertz CT molecular complexity index is 731. The van der Waals surface area contributed by atoms with Gasteiger partial charge in [-0.1, -0.05) is 24.4 Å². The first kappa shape index (κ1) is 15.1. The van der Waals surface area contributed by atoms with Crippen molar-refractivity contribution in [3.05, 3.63) is 10.4 Å². The highest BCUT2D eigenvalue weighted by Crippen LogP contribution is 2.33. The van der Waals surface area contributed by atoms with Gasteiger partial charge in [0.2, 0.25) is 5.28 Å². The summed E-state index contributed by atoms with van der Waals surface area (Å²) in [6.07, 6.45) is 5.88. The molecule has 3 heterocycles. The number of hydrogen-bond donors (Lipinski definition) is 0. The second-order valence-corrected chi connectivity index (χ2v) is 6.78. The molecule has 1 saturated carbocycles. The third-order valence-electron chi connectivity index (χ3n) is 4.28. The lowest BCUT2D eigenvalue weighted by Gasteiger charge is -2.17. The Labute approximate surface area is 144 Å². The molecule has 0 amide bonds. The van der Waals surface area contributed by atoms with Crippen molar-refractivity contribution in [2.75, 3.05) is 24.6 Å². The lowest BCUT2D eigenvalue weighted by atomic mass is 10.3. The molecule has 1 aliphatic heterocycles. The molecular weight excluding hydrogens is 337 g/mol. The number of ether oxygens (including phenoxy) is 1. The molecule has 6 nitrogen and oxygen atoms in total. The van der Waals surface area contributed by atoms with Gasteiger partial charge in [0.05, 0.1) is 6.61 Å². The van der Waals surface area contributed by atoms with Crippen LogP contribution in [0.25, 0.3) is 11.2 Å². The van der Waals surface area contributed by atoms with Crippen LogP contribution in [0.5, 0.6) is 5.88 Å². The van der Waals surface area contributed by atoms with Gasteiger partial charge in [-0.3, -0.25) is 0 Å². The summed E-state index contributed by atoms with van der Waals surface area (Å²) in [6.45, 7) is 2.46. The van der Waals surface area contributed by atoms with Gasteiger partial charge in [-0.05, 0) is 36.8 Å². The fraction of sp³-hybridized carbons (Fsp3) is 0.600. The Morgan fingerprint density at radius 3 is 2.57 bits per heavy atom. The van der Waals surface area contributed by atoms with E-state index < -0.39 is 0 Å². The molecule has 8 heteroatoms. The smallest absolute Gasteiger partial charge is 0.254 e. The minimum absolute atomic E-state index is 0.167. The molecule has 1 saturated heterocycles. The van der Waals surface area contributed by atoms with E-state index in [1.165, 1.54) is 12.8 Å². The van der Waals surface area contributed by atoms with Crippen molar-refractivity contribution < 1.29 is 4.74 Å². The van der Waals surface area contributed by atoms with E-state index in [2.05, 4.69) is 24.8 Å². The molecule has 2 aromatic heterocycles. The third kappa shape index (κ3) is 3.28. The van der Waals surface area contributed by atoms with Crippen LogP contribution in [-0.2, 0) is 0 Å². The van der Waals surface area contributed by atoms with Crippen LogP contribution in [0.3, 0.4) is 0 Å². The Morgan fingerprint density at radius 2 is 1.83 bits per heavy atom. The third-order valence-corrected chi connectivity index (χ3v) is 4.70. The molecule has 4 rings (SSSR count). The topological polar surface area (TPSA) is 64.0 Å². The van der Waals surface area contributed by atoms with E-state index in [0.717, 1.165) is 38.3 Å². The van der Waals surface area contributed by atoms with Gasteiger partial charge >= 0.3 is 0 Å². The normalized spacial score (nSPS) is 17.9. The molecule has 23 heavy (non-hydrogen) atoms. The van der Waals surface area contributed by atoms with Crippen molar-refractivity contribution in [2.24, 2.45) is 5.92 Å². The summed E-state index contributed by atoms with van der Waals surface area (Å²) in [5.74, 6) is 1.82. The first-order valence-electron chi connectivity index (χ1n) is 7.99. The minimum atomic E-state index is 0.167. The molecule has 1 aliphatic carbocycles. The van der Waals surface area contributed by atoms with Crippen molar-refractivity contribution >= 4 is 40.2 Å². The zero-order valence-electron chi connectivity index (χ0n) is 12.6. The predicted octanol–water partition coefficient (Wildman–Crippen LogP) is 3.51. The lowest BCUT2D eigenvalue weighted by molar-refractivity contribution is 0.291. The summed E-state index contributed by atoms with van der Waals surface area (Å²) in [6, 6.07) is 0. The Balaban J connectivity index is 1.66. The highest BCUT2D eigenvalue weighted by molar-refractivity contribution is 6.31. The monoisotopic (exact) mass is 353 g/mol. The summed E-state index contributed by atoms with van der Waals surface area (Å²) in [5, 5.41) is 0.416. The number of rotatable bonds is 5. The fourth-order valence-electron chi connectivity index (χ4n) is 2.84. The maximum Gasteiger partial charge on any atom is 0.254 e. The van der Waals surface area contributed by atoms with Crippen LogP contribution in [0.15, 0.2) is 0 Å². The SMILES string of the molecule is Clc1nc(N2CCCC2)c2nc(Cl)c(OCCC3CC3)nc2n1. The van der Waals surface area contributed by atoms with Crippen LogP contribution in [0.4, 0.5) is 5.82 Å². The molecule has 122 valence electrons. The first-order valence-corrected chi connectivity index (χ1v) is 8.75. The molecule has 0 unspecified atom stereocenters. The van der Waals surface area contributed by atoms with E-state index in [1.54, 1.807) is 0 Å². The number of halogens is 2. The highest BCUT2D eigenvalue weighted by Gasteiger charge is 2.23. The maximum atomic E-state index is 6.25. The number of anilines is 1. The summed E-state index contributed by atoms with van der Waals surface area (Å²) in [7, 11) is 0. The zero-order chi connectivity index (χ0) is 15.8. The lowest BCUT2D eigenvalue weighted by Crippen LogP contribution is -2.20. The Kier molecular flexibility index (Phi) is 4.11. The average Bonchev–Trinajstić information content (AvgIpc) is 3.19. The minimum Gasteiger partial charge on any atom is -0.475 e. The Hall–Kier alpha value is -1.40. The molecule has 0 bridgehead atoms. The zero-order valence-corrected chi connectivity index (χ0v) is 14.1. The molecule has 0 spiro atoms. The summed E-state index contributed by atoms with van der Waals surface area (Å²) in [5.41, 5.74) is 1.01. The van der Waals surface area contributed by atoms with E-state index >= 15 is 0 Å². The molecule has 2 aromatic rings. The van der Waals surface area contributed by atoms with Gasteiger partial charge in [0.15, 0.2) is 22.1 Å². The van der Waals surface area contributed by atoms with Crippen molar-refractivity contribution in [2.45, 2.75) is 32.1 Å². The van der Waals surface area contributed by atoms with E-state index in [1.807, 2.05) is 0 Å². The van der Waals surface area contributed by atoms with Crippen LogP contribution in [0.2, 0.25) is 10.4 Å². The number of nitrogens with zero attached hydrogens (tertiary/aromatic N) is 5.